The summed E-state index contributed by atoms with van der Waals surface area (Å²) in [6, 6.07) is 8.75. The second-order valence-electron chi connectivity index (χ2n) is 4.54. The fraction of sp³-hybridized carbons (Fsp3) is 0.538. The van der Waals surface area contributed by atoms with Crippen molar-refractivity contribution in [3.8, 4) is 0 Å². The highest BCUT2D eigenvalue weighted by Crippen LogP contribution is 2.15. The third kappa shape index (κ3) is 2.80. The maximum absolute atomic E-state index is 8.89. The number of rotatable bonds is 4. The van der Waals surface area contributed by atoms with E-state index < -0.39 is 0 Å². The summed E-state index contributed by atoms with van der Waals surface area (Å²) in [5.74, 6) is 0.531. The van der Waals surface area contributed by atoms with Crippen molar-refractivity contribution < 1.29 is 5.11 Å². The Morgan fingerprint density at radius 1 is 1.27 bits per heavy atom. The molecule has 2 rings (SSSR count). The minimum absolute atomic E-state index is 0.348. The van der Waals surface area contributed by atoms with Gasteiger partial charge in [-0.15, -0.1) is 0 Å². The van der Waals surface area contributed by atoms with Crippen molar-refractivity contribution >= 4 is 0 Å². The van der Waals surface area contributed by atoms with Crippen LogP contribution in [0.4, 0.5) is 0 Å². The van der Waals surface area contributed by atoms with Crippen LogP contribution in [0.1, 0.15) is 11.1 Å². The van der Waals surface area contributed by atoms with Gasteiger partial charge in [0.15, 0.2) is 0 Å². The van der Waals surface area contributed by atoms with Gasteiger partial charge < -0.3 is 10.0 Å². The first-order chi connectivity index (χ1) is 7.28. The topological polar surface area (TPSA) is 23.5 Å². The fourth-order valence-electron chi connectivity index (χ4n) is 2.02. The van der Waals surface area contributed by atoms with Crippen molar-refractivity contribution in [1.29, 1.82) is 0 Å². The van der Waals surface area contributed by atoms with E-state index in [1.807, 2.05) is 0 Å². The minimum atomic E-state index is 0.348. The first-order valence-electron chi connectivity index (χ1n) is 5.66. The molecule has 1 fully saturated rings. The van der Waals surface area contributed by atoms with Gasteiger partial charge in [0.2, 0.25) is 0 Å². The van der Waals surface area contributed by atoms with E-state index in [9.17, 15) is 0 Å². The SMILES string of the molecule is Cc1ccc(CCN2CC(CO)C2)cc1. The zero-order valence-electron chi connectivity index (χ0n) is 9.32. The van der Waals surface area contributed by atoms with E-state index in [-0.39, 0.29) is 0 Å². The molecule has 1 aromatic carbocycles. The second-order valence-corrected chi connectivity index (χ2v) is 4.54. The van der Waals surface area contributed by atoms with Gasteiger partial charge in [0.25, 0.3) is 0 Å². The largest absolute Gasteiger partial charge is 0.396 e. The second kappa shape index (κ2) is 4.77. The summed E-state index contributed by atoms with van der Waals surface area (Å²) >= 11 is 0. The summed E-state index contributed by atoms with van der Waals surface area (Å²) in [6.45, 7) is 5.73. The number of hydrogen-bond acceptors (Lipinski definition) is 2. The summed E-state index contributed by atoms with van der Waals surface area (Å²) in [5.41, 5.74) is 2.73. The van der Waals surface area contributed by atoms with Crippen molar-refractivity contribution in [2.24, 2.45) is 5.92 Å². The zero-order chi connectivity index (χ0) is 10.7. The zero-order valence-corrected chi connectivity index (χ0v) is 9.32. The Labute approximate surface area is 91.5 Å². The molecule has 0 spiro atoms. The molecule has 0 saturated carbocycles. The van der Waals surface area contributed by atoms with Gasteiger partial charge in [0.05, 0.1) is 0 Å². The number of aliphatic hydroxyl groups excluding tert-OH is 1. The quantitative estimate of drug-likeness (QED) is 0.804. The van der Waals surface area contributed by atoms with E-state index in [1.165, 1.54) is 11.1 Å². The molecular weight excluding hydrogens is 186 g/mol. The summed E-state index contributed by atoms with van der Waals surface area (Å²) < 4.78 is 0. The molecule has 1 heterocycles. The fourth-order valence-corrected chi connectivity index (χ4v) is 2.02. The normalized spacial score (nSPS) is 17.7. The predicted molar refractivity (Wildman–Crippen MR) is 61.9 cm³/mol. The molecule has 2 heteroatoms. The predicted octanol–water partition coefficient (Wildman–Crippen LogP) is 1.46. The van der Waals surface area contributed by atoms with Gasteiger partial charge in [-0.25, -0.2) is 0 Å². The molecule has 1 aliphatic rings. The molecule has 0 bridgehead atoms. The van der Waals surface area contributed by atoms with Gasteiger partial charge in [-0.1, -0.05) is 29.8 Å². The molecule has 15 heavy (non-hydrogen) atoms. The lowest BCUT2D eigenvalue weighted by Crippen LogP contribution is -2.48. The van der Waals surface area contributed by atoms with Gasteiger partial charge in [-0.3, -0.25) is 0 Å². The summed E-state index contributed by atoms with van der Waals surface area (Å²) in [7, 11) is 0. The van der Waals surface area contributed by atoms with Crippen LogP contribution in [0.15, 0.2) is 24.3 Å². The van der Waals surface area contributed by atoms with Crippen molar-refractivity contribution in [3.63, 3.8) is 0 Å². The Bertz CT molecular complexity index is 301. The average Bonchev–Trinajstić information content (AvgIpc) is 2.19. The number of aliphatic hydroxyl groups is 1. The van der Waals surface area contributed by atoms with Gasteiger partial charge in [0, 0.05) is 32.2 Å². The van der Waals surface area contributed by atoms with Crippen LogP contribution < -0.4 is 0 Å². The van der Waals surface area contributed by atoms with Crippen LogP contribution in [0.5, 0.6) is 0 Å². The molecular formula is C13H19NO. The van der Waals surface area contributed by atoms with Gasteiger partial charge >= 0.3 is 0 Å². The minimum Gasteiger partial charge on any atom is -0.396 e. The number of aryl methyl sites for hydroxylation is 1. The molecule has 0 aromatic heterocycles. The standard InChI is InChI=1S/C13H19NO/c1-11-2-4-12(5-3-11)6-7-14-8-13(9-14)10-15/h2-5,13,15H,6-10H2,1H3. The Balaban J connectivity index is 1.72. The van der Waals surface area contributed by atoms with E-state index >= 15 is 0 Å². The molecule has 82 valence electrons. The van der Waals surface area contributed by atoms with E-state index in [0.717, 1.165) is 26.1 Å². The summed E-state index contributed by atoms with van der Waals surface area (Å²) in [5, 5.41) is 8.89. The smallest absolute Gasteiger partial charge is 0.0483 e. The van der Waals surface area contributed by atoms with Crippen molar-refractivity contribution in [2.45, 2.75) is 13.3 Å². The Morgan fingerprint density at radius 2 is 1.93 bits per heavy atom. The molecule has 0 radical (unpaired) electrons. The Kier molecular flexibility index (Phi) is 3.39. The van der Waals surface area contributed by atoms with Crippen molar-refractivity contribution in [1.82, 2.24) is 4.90 Å². The maximum atomic E-state index is 8.89. The van der Waals surface area contributed by atoms with Crippen LogP contribution in [0.25, 0.3) is 0 Å². The van der Waals surface area contributed by atoms with Gasteiger partial charge in [-0.2, -0.15) is 0 Å². The highest BCUT2D eigenvalue weighted by Gasteiger charge is 2.24. The van der Waals surface area contributed by atoms with Crippen LogP contribution >= 0.6 is 0 Å². The lowest BCUT2D eigenvalue weighted by atomic mass is 10.0. The molecule has 1 aliphatic heterocycles. The highest BCUT2D eigenvalue weighted by molar-refractivity contribution is 5.21. The highest BCUT2D eigenvalue weighted by atomic mass is 16.3. The van der Waals surface area contributed by atoms with Crippen molar-refractivity contribution in [3.05, 3.63) is 35.4 Å². The average molecular weight is 205 g/mol. The molecule has 0 unspecified atom stereocenters. The third-order valence-corrected chi connectivity index (χ3v) is 3.13. The van der Waals surface area contributed by atoms with E-state index in [0.29, 0.717) is 12.5 Å². The van der Waals surface area contributed by atoms with Crippen molar-refractivity contribution in [2.75, 3.05) is 26.2 Å². The molecule has 1 N–H and O–H groups in total. The summed E-state index contributed by atoms with van der Waals surface area (Å²) in [6.07, 6.45) is 1.12. The van der Waals surface area contributed by atoms with Gasteiger partial charge in [-0.05, 0) is 18.9 Å². The Hall–Kier alpha value is -0.860. The van der Waals surface area contributed by atoms with Crippen LogP contribution in [0, 0.1) is 12.8 Å². The molecule has 0 aliphatic carbocycles. The summed E-state index contributed by atoms with van der Waals surface area (Å²) in [4.78, 5) is 2.40. The monoisotopic (exact) mass is 205 g/mol. The van der Waals surface area contributed by atoms with Gasteiger partial charge in [0.1, 0.15) is 0 Å². The molecule has 0 atom stereocenters. The molecule has 1 aromatic rings. The number of benzene rings is 1. The van der Waals surface area contributed by atoms with E-state index in [4.69, 9.17) is 5.11 Å². The molecule has 1 saturated heterocycles. The van der Waals surface area contributed by atoms with Crippen LogP contribution in [0.3, 0.4) is 0 Å². The molecule has 2 nitrogen and oxygen atoms in total. The van der Waals surface area contributed by atoms with Crippen LogP contribution in [-0.4, -0.2) is 36.2 Å². The maximum Gasteiger partial charge on any atom is 0.0483 e. The van der Waals surface area contributed by atoms with Crippen LogP contribution in [0.2, 0.25) is 0 Å². The van der Waals surface area contributed by atoms with Crippen LogP contribution in [-0.2, 0) is 6.42 Å². The lowest BCUT2D eigenvalue weighted by molar-refractivity contribution is 0.0551. The number of likely N-dealkylation sites (tertiary alicyclic amines) is 1. The lowest BCUT2D eigenvalue weighted by Gasteiger charge is -2.38. The number of nitrogens with zero attached hydrogens (tertiary/aromatic N) is 1. The Morgan fingerprint density at radius 3 is 2.53 bits per heavy atom. The first-order valence-corrected chi connectivity index (χ1v) is 5.66. The molecule has 0 amide bonds. The van der Waals surface area contributed by atoms with E-state index in [2.05, 4.69) is 36.1 Å². The number of hydrogen-bond donors (Lipinski definition) is 1. The third-order valence-electron chi connectivity index (χ3n) is 3.13. The first kappa shape index (κ1) is 10.7. The van der Waals surface area contributed by atoms with E-state index in [1.54, 1.807) is 0 Å².